The summed E-state index contributed by atoms with van der Waals surface area (Å²) in [4.78, 5) is 12.4. The lowest BCUT2D eigenvalue weighted by molar-refractivity contribution is 0.0952. The number of rotatable bonds is 6. The number of nitriles is 1. The van der Waals surface area contributed by atoms with Crippen LogP contribution in [0.25, 0.3) is 23.1 Å². The van der Waals surface area contributed by atoms with Crippen molar-refractivity contribution in [3.05, 3.63) is 59.0 Å². The van der Waals surface area contributed by atoms with Crippen LogP contribution in [0.3, 0.4) is 0 Å². The van der Waals surface area contributed by atoms with Crippen molar-refractivity contribution < 1.29 is 13.9 Å². The normalized spacial score (nSPS) is 10.9. The first-order valence-corrected chi connectivity index (χ1v) is 8.28. The number of H-pyrrole nitrogens is 1. The fraction of sp³-hybridized carbons (Fsp3) is 0.150. The summed E-state index contributed by atoms with van der Waals surface area (Å²) in [6.07, 6.45) is 3.80. The monoisotopic (exact) mass is 364 g/mol. The third-order valence-electron chi connectivity index (χ3n) is 3.99. The summed E-state index contributed by atoms with van der Waals surface area (Å²) in [5, 5.41) is 19.1. The van der Waals surface area contributed by atoms with E-state index in [1.54, 1.807) is 36.4 Å². The maximum atomic E-state index is 13.0. The number of methoxy groups -OCH3 is 1. The highest BCUT2D eigenvalue weighted by atomic mass is 19.1. The van der Waals surface area contributed by atoms with Crippen molar-refractivity contribution in [2.75, 3.05) is 13.7 Å². The molecular formula is C20H17FN4O2. The molecule has 0 aliphatic rings. The Morgan fingerprint density at radius 3 is 2.78 bits per heavy atom. The lowest BCUT2D eigenvalue weighted by atomic mass is 10.1. The van der Waals surface area contributed by atoms with Crippen molar-refractivity contribution in [3.8, 4) is 11.8 Å². The molecule has 0 spiro atoms. The van der Waals surface area contributed by atoms with E-state index in [0.29, 0.717) is 22.4 Å². The Balaban J connectivity index is 1.97. The molecule has 0 saturated heterocycles. The molecule has 1 amide bonds. The molecule has 2 N–H and O–H groups in total. The topological polar surface area (TPSA) is 90.8 Å². The van der Waals surface area contributed by atoms with E-state index in [1.807, 2.05) is 6.07 Å². The third-order valence-corrected chi connectivity index (χ3v) is 3.99. The van der Waals surface area contributed by atoms with Crippen LogP contribution in [0.15, 0.2) is 36.4 Å². The molecule has 0 aliphatic heterocycles. The van der Waals surface area contributed by atoms with E-state index in [-0.39, 0.29) is 24.7 Å². The van der Waals surface area contributed by atoms with Gasteiger partial charge in [0.1, 0.15) is 11.6 Å². The maximum absolute atomic E-state index is 13.0. The minimum atomic E-state index is -0.321. The van der Waals surface area contributed by atoms with Crippen molar-refractivity contribution in [1.29, 1.82) is 5.26 Å². The van der Waals surface area contributed by atoms with Gasteiger partial charge in [-0.15, -0.1) is 0 Å². The van der Waals surface area contributed by atoms with Crippen LogP contribution in [0, 0.1) is 17.1 Å². The smallest absolute Gasteiger partial charge is 0.255 e. The first kappa shape index (κ1) is 18.1. The zero-order valence-electron chi connectivity index (χ0n) is 14.6. The number of aromatic amines is 1. The van der Waals surface area contributed by atoms with Crippen molar-refractivity contribution in [2.24, 2.45) is 0 Å². The van der Waals surface area contributed by atoms with Crippen LogP contribution >= 0.6 is 0 Å². The van der Waals surface area contributed by atoms with Gasteiger partial charge in [-0.25, -0.2) is 4.39 Å². The Morgan fingerprint density at radius 2 is 2.07 bits per heavy atom. The number of hydrogen-bond acceptors (Lipinski definition) is 4. The second-order valence-corrected chi connectivity index (χ2v) is 5.73. The van der Waals surface area contributed by atoms with Gasteiger partial charge < -0.3 is 10.1 Å². The van der Waals surface area contributed by atoms with Crippen LogP contribution in [-0.4, -0.2) is 29.8 Å². The van der Waals surface area contributed by atoms with Gasteiger partial charge >= 0.3 is 0 Å². The highest BCUT2D eigenvalue weighted by Gasteiger charge is 2.18. The standard InChI is InChI=1S/C20H17FN4O2/c1-27-19-15(20(26)23-12-2-11-22)8-10-17-18(19)16(24-25-17)9-5-13-3-6-14(21)7-4-13/h3-10H,2,12H2,1H3,(H,23,26)(H,24,25). The van der Waals surface area contributed by atoms with E-state index < -0.39 is 0 Å². The minimum Gasteiger partial charge on any atom is -0.495 e. The maximum Gasteiger partial charge on any atom is 0.255 e. The van der Waals surface area contributed by atoms with Gasteiger partial charge in [0.05, 0.1) is 41.8 Å². The third kappa shape index (κ3) is 3.96. The van der Waals surface area contributed by atoms with Gasteiger partial charge in [0.2, 0.25) is 0 Å². The molecule has 2 aromatic carbocycles. The number of nitrogens with one attached hydrogen (secondary N) is 2. The Kier molecular flexibility index (Phi) is 5.47. The molecular weight excluding hydrogens is 347 g/mol. The summed E-state index contributed by atoms with van der Waals surface area (Å²) in [6, 6.07) is 11.5. The molecule has 27 heavy (non-hydrogen) atoms. The number of hydrogen-bond donors (Lipinski definition) is 2. The second kappa shape index (κ2) is 8.15. The second-order valence-electron chi connectivity index (χ2n) is 5.73. The van der Waals surface area contributed by atoms with E-state index >= 15 is 0 Å². The van der Waals surface area contributed by atoms with Crippen molar-refractivity contribution in [3.63, 3.8) is 0 Å². The molecule has 3 rings (SSSR count). The van der Waals surface area contributed by atoms with Gasteiger partial charge in [-0.05, 0) is 35.9 Å². The average Bonchev–Trinajstić information content (AvgIpc) is 3.10. The number of carbonyl (C=O) groups excluding carboxylic acids is 1. The van der Waals surface area contributed by atoms with E-state index in [2.05, 4.69) is 15.5 Å². The van der Waals surface area contributed by atoms with Crippen LogP contribution in [0.5, 0.6) is 5.75 Å². The number of nitrogens with zero attached hydrogens (tertiary/aromatic N) is 2. The molecule has 0 atom stereocenters. The zero-order chi connectivity index (χ0) is 19.2. The predicted molar refractivity (Wildman–Crippen MR) is 101 cm³/mol. The molecule has 3 aromatic rings. The van der Waals surface area contributed by atoms with Crippen LogP contribution in [0.1, 0.15) is 28.0 Å². The zero-order valence-corrected chi connectivity index (χ0v) is 14.6. The number of halogens is 1. The Hall–Kier alpha value is -3.66. The molecule has 6 nitrogen and oxygen atoms in total. The van der Waals surface area contributed by atoms with Crippen molar-refractivity contribution in [2.45, 2.75) is 6.42 Å². The van der Waals surface area contributed by atoms with Gasteiger partial charge in [0.15, 0.2) is 0 Å². The van der Waals surface area contributed by atoms with Crippen LogP contribution < -0.4 is 10.1 Å². The molecule has 0 fully saturated rings. The lowest BCUT2D eigenvalue weighted by Crippen LogP contribution is -2.24. The van der Waals surface area contributed by atoms with E-state index in [4.69, 9.17) is 10.00 Å². The molecule has 136 valence electrons. The van der Waals surface area contributed by atoms with Crippen LogP contribution in [-0.2, 0) is 0 Å². The molecule has 0 saturated carbocycles. The minimum absolute atomic E-state index is 0.230. The van der Waals surface area contributed by atoms with Gasteiger partial charge in [-0.2, -0.15) is 10.4 Å². The fourth-order valence-electron chi connectivity index (χ4n) is 2.69. The fourth-order valence-corrected chi connectivity index (χ4v) is 2.69. The van der Waals surface area contributed by atoms with Crippen molar-refractivity contribution in [1.82, 2.24) is 15.5 Å². The van der Waals surface area contributed by atoms with Gasteiger partial charge in [0, 0.05) is 6.54 Å². The molecule has 0 aliphatic carbocycles. The van der Waals surface area contributed by atoms with Crippen molar-refractivity contribution >= 4 is 29.0 Å². The van der Waals surface area contributed by atoms with E-state index in [0.717, 1.165) is 11.1 Å². The molecule has 7 heteroatoms. The summed E-state index contributed by atoms with van der Waals surface area (Å²) < 4.78 is 18.5. The summed E-state index contributed by atoms with van der Waals surface area (Å²) in [7, 11) is 1.49. The lowest BCUT2D eigenvalue weighted by Gasteiger charge is -2.10. The molecule has 0 radical (unpaired) electrons. The molecule has 1 aromatic heterocycles. The summed E-state index contributed by atoms with van der Waals surface area (Å²) >= 11 is 0. The van der Waals surface area contributed by atoms with Gasteiger partial charge in [-0.3, -0.25) is 9.89 Å². The summed E-state index contributed by atoms with van der Waals surface area (Å²) in [5.41, 5.74) is 2.50. The Morgan fingerprint density at radius 1 is 1.30 bits per heavy atom. The van der Waals surface area contributed by atoms with E-state index in [9.17, 15) is 9.18 Å². The highest BCUT2D eigenvalue weighted by molar-refractivity contribution is 6.05. The molecule has 1 heterocycles. The quantitative estimate of drug-likeness (QED) is 0.655. The van der Waals surface area contributed by atoms with E-state index in [1.165, 1.54) is 19.2 Å². The van der Waals surface area contributed by atoms with Crippen LogP contribution in [0.4, 0.5) is 4.39 Å². The largest absolute Gasteiger partial charge is 0.495 e. The number of amides is 1. The molecule has 0 unspecified atom stereocenters. The summed E-state index contributed by atoms with van der Waals surface area (Å²) in [6.45, 7) is 0.263. The average molecular weight is 364 g/mol. The highest BCUT2D eigenvalue weighted by Crippen LogP contribution is 2.32. The number of fused-ring (bicyclic) bond motifs is 1. The molecule has 0 bridgehead atoms. The number of benzene rings is 2. The predicted octanol–water partition coefficient (Wildman–Crippen LogP) is 3.52. The number of carbonyl (C=O) groups is 1. The Bertz CT molecular complexity index is 1030. The van der Waals surface area contributed by atoms with Gasteiger partial charge in [0.25, 0.3) is 5.91 Å². The number of ether oxygens (including phenoxy) is 1. The first-order valence-electron chi connectivity index (χ1n) is 8.28. The first-order chi connectivity index (χ1) is 13.1. The number of aromatic nitrogens is 2. The SMILES string of the molecule is COc1c(C(=O)NCCC#N)ccc2[nH]nc(C=Cc3ccc(F)cc3)c12. The Labute approximate surface area is 155 Å². The summed E-state index contributed by atoms with van der Waals surface area (Å²) in [5.74, 6) is -0.223. The van der Waals surface area contributed by atoms with Gasteiger partial charge in [-0.1, -0.05) is 18.2 Å². The van der Waals surface area contributed by atoms with Crippen LogP contribution in [0.2, 0.25) is 0 Å².